The smallest absolute Gasteiger partial charge is 0.161 e. The van der Waals surface area contributed by atoms with E-state index in [1.165, 1.54) is 0 Å². The highest BCUT2D eigenvalue weighted by Gasteiger charge is 2.15. The number of aliphatic hydroxyl groups excluding tert-OH is 1. The van der Waals surface area contributed by atoms with E-state index in [0.29, 0.717) is 23.1 Å². The molecular weight excluding hydrogens is 326 g/mol. The standard InChI is InChI=1S/C19H23ClNO3/c1-4-16(13-8-9-18(23-2)19(11-13)24-3)21-12-17(22)14-6-5-7-15(20)10-14/h4-11,16-17,21-22H,12H2,1-3H3. The molecule has 2 unspecified atom stereocenters. The monoisotopic (exact) mass is 348 g/mol. The van der Waals surface area contributed by atoms with Crippen molar-refractivity contribution in [1.29, 1.82) is 0 Å². The third-order valence-corrected chi connectivity index (χ3v) is 4.10. The predicted octanol–water partition coefficient (Wildman–Crippen LogP) is 3.95. The molecule has 2 aromatic rings. The predicted molar refractivity (Wildman–Crippen MR) is 96.7 cm³/mol. The van der Waals surface area contributed by atoms with E-state index >= 15 is 0 Å². The molecule has 0 aliphatic rings. The molecule has 0 aliphatic heterocycles. The first-order valence-electron chi connectivity index (χ1n) is 7.77. The van der Waals surface area contributed by atoms with Crippen molar-refractivity contribution in [1.82, 2.24) is 5.32 Å². The lowest BCUT2D eigenvalue weighted by atomic mass is 10.0. The van der Waals surface area contributed by atoms with Gasteiger partial charge < -0.3 is 19.9 Å². The molecule has 24 heavy (non-hydrogen) atoms. The van der Waals surface area contributed by atoms with Crippen LogP contribution in [0.25, 0.3) is 0 Å². The molecule has 5 heteroatoms. The van der Waals surface area contributed by atoms with Gasteiger partial charge in [0.15, 0.2) is 11.5 Å². The van der Waals surface area contributed by atoms with Crippen molar-refractivity contribution < 1.29 is 14.6 Å². The lowest BCUT2D eigenvalue weighted by Gasteiger charge is -2.21. The molecule has 0 amide bonds. The van der Waals surface area contributed by atoms with Gasteiger partial charge in [0.1, 0.15) is 0 Å². The highest BCUT2D eigenvalue weighted by atomic mass is 35.5. The number of rotatable bonds is 8. The number of hydrogen-bond donors (Lipinski definition) is 2. The molecule has 2 atom stereocenters. The topological polar surface area (TPSA) is 50.7 Å². The van der Waals surface area contributed by atoms with E-state index in [0.717, 1.165) is 11.1 Å². The summed E-state index contributed by atoms with van der Waals surface area (Å²) in [4.78, 5) is 0. The van der Waals surface area contributed by atoms with Crippen molar-refractivity contribution in [2.45, 2.75) is 19.1 Å². The zero-order chi connectivity index (χ0) is 17.5. The van der Waals surface area contributed by atoms with E-state index in [1.807, 2.05) is 43.7 Å². The van der Waals surface area contributed by atoms with Crippen LogP contribution >= 0.6 is 11.6 Å². The third kappa shape index (κ3) is 4.63. The average Bonchev–Trinajstić information content (AvgIpc) is 2.61. The van der Waals surface area contributed by atoms with E-state index in [4.69, 9.17) is 21.1 Å². The summed E-state index contributed by atoms with van der Waals surface area (Å²) in [5, 5.41) is 14.3. The third-order valence-electron chi connectivity index (χ3n) is 3.86. The number of methoxy groups -OCH3 is 2. The second-order valence-electron chi connectivity index (χ2n) is 5.40. The van der Waals surface area contributed by atoms with Crippen LogP contribution in [0.15, 0.2) is 42.5 Å². The molecule has 0 saturated carbocycles. The fraction of sp³-hybridized carbons (Fsp3) is 0.316. The molecule has 1 radical (unpaired) electrons. The highest BCUT2D eigenvalue weighted by molar-refractivity contribution is 6.30. The SMILES string of the molecule is C[CH]C(NCC(O)c1cccc(Cl)c1)c1ccc(OC)c(OC)c1. The minimum atomic E-state index is -0.633. The van der Waals surface area contributed by atoms with Gasteiger partial charge in [0.05, 0.1) is 20.3 Å². The first-order valence-corrected chi connectivity index (χ1v) is 8.15. The Hall–Kier alpha value is -1.75. The minimum absolute atomic E-state index is 0.0151. The van der Waals surface area contributed by atoms with E-state index in [9.17, 15) is 5.11 Å². The molecule has 0 fully saturated rings. The van der Waals surface area contributed by atoms with Gasteiger partial charge in [0.2, 0.25) is 0 Å². The quantitative estimate of drug-likeness (QED) is 0.758. The van der Waals surface area contributed by atoms with E-state index in [-0.39, 0.29) is 6.04 Å². The molecule has 0 bridgehead atoms. The van der Waals surface area contributed by atoms with Crippen molar-refractivity contribution >= 4 is 11.6 Å². The van der Waals surface area contributed by atoms with Gasteiger partial charge in [0.25, 0.3) is 0 Å². The molecule has 2 rings (SSSR count). The second kappa shape index (κ2) is 8.92. The van der Waals surface area contributed by atoms with Gasteiger partial charge >= 0.3 is 0 Å². The Morgan fingerprint density at radius 2 is 1.83 bits per heavy atom. The molecule has 0 heterocycles. The zero-order valence-corrected chi connectivity index (χ0v) is 14.9. The summed E-state index contributed by atoms with van der Waals surface area (Å²) in [6.07, 6.45) is 1.40. The molecule has 0 spiro atoms. The van der Waals surface area contributed by atoms with Gasteiger partial charge in [-0.05, 0) is 41.8 Å². The number of nitrogens with one attached hydrogen (secondary N) is 1. The maximum Gasteiger partial charge on any atom is 0.161 e. The highest BCUT2D eigenvalue weighted by Crippen LogP contribution is 2.31. The Bertz CT molecular complexity index is 663. The van der Waals surface area contributed by atoms with Gasteiger partial charge in [0, 0.05) is 17.6 Å². The summed E-state index contributed by atoms with van der Waals surface area (Å²) in [6.45, 7) is 2.38. The lowest BCUT2D eigenvalue weighted by Crippen LogP contribution is -2.26. The lowest BCUT2D eigenvalue weighted by molar-refractivity contribution is 0.171. The van der Waals surface area contributed by atoms with Gasteiger partial charge in [-0.25, -0.2) is 0 Å². The Kier molecular flexibility index (Phi) is 6.91. The maximum absolute atomic E-state index is 10.3. The van der Waals surface area contributed by atoms with Crippen molar-refractivity contribution in [2.75, 3.05) is 20.8 Å². The Morgan fingerprint density at radius 1 is 1.08 bits per heavy atom. The minimum Gasteiger partial charge on any atom is -0.493 e. The molecule has 0 saturated heterocycles. The Labute approximate surface area is 148 Å². The van der Waals surface area contributed by atoms with Crippen molar-refractivity contribution in [2.24, 2.45) is 0 Å². The van der Waals surface area contributed by atoms with E-state index < -0.39 is 6.10 Å². The largest absolute Gasteiger partial charge is 0.493 e. The first kappa shape index (κ1) is 18.6. The van der Waals surface area contributed by atoms with Crippen LogP contribution in [0.2, 0.25) is 5.02 Å². The van der Waals surface area contributed by atoms with Gasteiger partial charge in [-0.2, -0.15) is 0 Å². The van der Waals surface area contributed by atoms with E-state index in [1.54, 1.807) is 26.4 Å². The number of ether oxygens (including phenoxy) is 2. The first-order chi connectivity index (χ1) is 11.6. The molecule has 0 aromatic heterocycles. The molecule has 0 aliphatic carbocycles. The Balaban J connectivity index is 2.06. The van der Waals surface area contributed by atoms with Crippen molar-refractivity contribution in [3.63, 3.8) is 0 Å². The van der Waals surface area contributed by atoms with Gasteiger partial charge in [-0.15, -0.1) is 0 Å². The second-order valence-corrected chi connectivity index (χ2v) is 5.84. The number of benzene rings is 2. The summed E-state index contributed by atoms with van der Waals surface area (Å²) in [6, 6.07) is 13.0. The summed E-state index contributed by atoms with van der Waals surface area (Å²) < 4.78 is 10.6. The molecule has 4 nitrogen and oxygen atoms in total. The van der Waals surface area contributed by atoms with Crippen LogP contribution in [-0.2, 0) is 0 Å². The van der Waals surface area contributed by atoms with Gasteiger partial charge in [-0.3, -0.25) is 0 Å². The van der Waals surface area contributed by atoms with Crippen LogP contribution in [0.5, 0.6) is 11.5 Å². The van der Waals surface area contributed by atoms with Crippen LogP contribution in [0.3, 0.4) is 0 Å². The molecule has 2 aromatic carbocycles. The average molecular weight is 349 g/mol. The van der Waals surface area contributed by atoms with Crippen molar-refractivity contribution in [3.8, 4) is 11.5 Å². The van der Waals surface area contributed by atoms with Gasteiger partial charge in [-0.1, -0.05) is 36.7 Å². The summed E-state index contributed by atoms with van der Waals surface area (Å²) >= 11 is 5.97. The number of aliphatic hydroxyl groups is 1. The summed E-state index contributed by atoms with van der Waals surface area (Å²) in [5.74, 6) is 1.37. The fourth-order valence-corrected chi connectivity index (χ4v) is 2.74. The fourth-order valence-electron chi connectivity index (χ4n) is 2.54. The maximum atomic E-state index is 10.3. The van der Waals surface area contributed by atoms with Crippen LogP contribution in [0.4, 0.5) is 0 Å². The van der Waals surface area contributed by atoms with E-state index in [2.05, 4.69) is 5.32 Å². The molecule has 129 valence electrons. The van der Waals surface area contributed by atoms with Crippen LogP contribution in [-0.4, -0.2) is 25.9 Å². The van der Waals surface area contributed by atoms with Crippen LogP contribution < -0.4 is 14.8 Å². The Morgan fingerprint density at radius 3 is 2.46 bits per heavy atom. The zero-order valence-electron chi connectivity index (χ0n) is 14.1. The number of hydrogen-bond acceptors (Lipinski definition) is 4. The number of halogens is 1. The summed E-state index contributed by atoms with van der Waals surface area (Å²) in [5.41, 5.74) is 1.82. The van der Waals surface area contributed by atoms with Crippen LogP contribution in [0.1, 0.15) is 30.2 Å². The molecule has 2 N–H and O–H groups in total. The molecular formula is C19H23ClNO3. The van der Waals surface area contributed by atoms with Crippen molar-refractivity contribution in [3.05, 3.63) is 65.0 Å². The normalized spacial score (nSPS) is 13.4. The van der Waals surface area contributed by atoms with Crippen LogP contribution in [0, 0.1) is 6.42 Å². The summed E-state index contributed by atoms with van der Waals surface area (Å²) in [7, 11) is 3.23.